The third-order valence-electron chi connectivity index (χ3n) is 3.23. The number of rotatable bonds is 3. The normalized spacial score (nSPS) is 23.9. The van der Waals surface area contributed by atoms with Gasteiger partial charge in [0.25, 0.3) is 0 Å². The van der Waals surface area contributed by atoms with Crippen molar-refractivity contribution in [1.82, 2.24) is 4.31 Å². The van der Waals surface area contributed by atoms with Crippen LogP contribution in [0, 0.1) is 0 Å². The highest BCUT2D eigenvalue weighted by Crippen LogP contribution is 2.28. The van der Waals surface area contributed by atoms with Crippen molar-refractivity contribution in [2.24, 2.45) is 0 Å². The maximum absolute atomic E-state index is 12.4. The second kappa shape index (κ2) is 5.00. The fraction of sp³-hybridized carbons (Fsp3) is 0.417. The van der Waals surface area contributed by atoms with Crippen LogP contribution in [-0.2, 0) is 10.0 Å². The predicted octanol–water partition coefficient (Wildman–Crippen LogP) is 1.18. The minimum atomic E-state index is -3.78. The zero-order valence-corrected chi connectivity index (χ0v) is 12.3. The van der Waals surface area contributed by atoms with Gasteiger partial charge in [-0.3, -0.25) is 0 Å². The van der Waals surface area contributed by atoms with Gasteiger partial charge in [-0.05, 0) is 31.5 Å². The first kappa shape index (κ1) is 15.2. The van der Waals surface area contributed by atoms with Gasteiger partial charge in [-0.25, -0.2) is 13.2 Å². The molecule has 1 heterocycles. The van der Waals surface area contributed by atoms with Crippen LogP contribution < -0.4 is 0 Å². The molecule has 2 rings (SSSR count). The highest BCUT2D eigenvalue weighted by molar-refractivity contribution is 7.89. The molecule has 1 unspecified atom stereocenters. The summed E-state index contributed by atoms with van der Waals surface area (Å²) in [6.07, 6.45) is 0.354. The Morgan fingerprint density at radius 2 is 2.10 bits per heavy atom. The van der Waals surface area contributed by atoms with Gasteiger partial charge in [0, 0.05) is 13.1 Å². The number of carboxylic acid groups (broad SMARTS) is 1. The van der Waals surface area contributed by atoms with Crippen molar-refractivity contribution >= 4 is 27.6 Å². The Hall–Kier alpha value is -1.15. The number of aliphatic hydroxyl groups is 1. The van der Waals surface area contributed by atoms with Crippen LogP contribution in [0.1, 0.15) is 23.7 Å². The summed E-state index contributed by atoms with van der Waals surface area (Å²) in [6, 6.07) is 3.48. The molecular formula is C12H14ClNO5S. The summed E-state index contributed by atoms with van der Waals surface area (Å²) in [5, 5.41) is 18.6. The summed E-state index contributed by atoms with van der Waals surface area (Å²) in [5.74, 6) is -1.22. The fourth-order valence-electron chi connectivity index (χ4n) is 2.09. The van der Waals surface area contributed by atoms with Crippen LogP contribution in [0.2, 0.25) is 5.02 Å². The van der Waals surface area contributed by atoms with Gasteiger partial charge in [0.1, 0.15) is 0 Å². The van der Waals surface area contributed by atoms with Crippen LogP contribution in [0.3, 0.4) is 0 Å². The molecule has 0 radical (unpaired) electrons. The van der Waals surface area contributed by atoms with E-state index in [1.165, 1.54) is 10.4 Å². The summed E-state index contributed by atoms with van der Waals surface area (Å²) in [5.41, 5.74) is -1.20. The zero-order chi connectivity index (χ0) is 15.1. The minimum absolute atomic E-state index is 0.00757. The average Bonchev–Trinajstić information content (AvgIpc) is 2.69. The SMILES string of the molecule is CC1(O)CCN(S(=O)(=O)c2ccc(C(=O)O)c(Cl)c2)C1. The van der Waals surface area contributed by atoms with Crippen LogP contribution in [0.25, 0.3) is 0 Å². The number of carbonyl (C=O) groups is 1. The molecule has 8 heteroatoms. The number of carboxylic acids is 1. The maximum atomic E-state index is 12.4. The van der Waals surface area contributed by atoms with Crippen molar-refractivity contribution in [1.29, 1.82) is 0 Å². The largest absolute Gasteiger partial charge is 0.478 e. The number of benzene rings is 1. The van der Waals surface area contributed by atoms with Gasteiger partial charge in [-0.2, -0.15) is 4.31 Å². The lowest BCUT2D eigenvalue weighted by molar-refractivity contribution is 0.0696. The lowest BCUT2D eigenvalue weighted by Crippen LogP contribution is -2.33. The Bertz CT molecular complexity index is 656. The van der Waals surface area contributed by atoms with E-state index in [0.717, 1.165) is 12.1 Å². The topological polar surface area (TPSA) is 94.9 Å². The highest BCUT2D eigenvalue weighted by Gasteiger charge is 2.38. The fourth-order valence-corrected chi connectivity index (χ4v) is 4.00. The summed E-state index contributed by atoms with van der Waals surface area (Å²) in [7, 11) is -3.78. The molecule has 1 aliphatic rings. The van der Waals surface area contributed by atoms with Crippen molar-refractivity contribution in [2.75, 3.05) is 13.1 Å². The van der Waals surface area contributed by atoms with Crippen molar-refractivity contribution < 1.29 is 23.4 Å². The van der Waals surface area contributed by atoms with E-state index >= 15 is 0 Å². The van der Waals surface area contributed by atoms with Gasteiger partial charge in [0.2, 0.25) is 10.0 Å². The molecule has 20 heavy (non-hydrogen) atoms. The molecule has 0 amide bonds. The quantitative estimate of drug-likeness (QED) is 0.872. The Morgan fingerprint density at radius 3 is 2.55 bits per heavy atom. The number of sulfonamides is 1. The lowest BCUT2D eigenvalue weighted by Gasteiger charge is -2.19. The maximum Gasteiger partial charge on any atom is 0.337 e. The number of nitrogens with zero attached hydrogens (tertiary/aromatic N) is 1. The van der Waals surface area contributed by atoms with Gasteiger partial charge in [0.05, 0.1) is 21.1 Å². The Labute approximate surface area is 121 Å². The predicted molar refractivity (Wildman–Crippen MR) is 72.4 cm³/mol. The molecule has 1 fully saturated rings. The summed E-state index contributed by atoms with van der Waals surface area (Å²) in [6.45, 7) is 1.80. The molecule has 110 valence electrons. The molecule has 0 aliphatic carbocycles. The van der Waals surface area contributed by atoms with Crippen molar-refractivity contribution in [3.63, 3.8) is 0 Å². The van der Waals surface area contributed by atoms with Crippen molar-refractivity contribution in [2.45, 2.75) is 23.8 Å². The van der Waals surface area contributed by atoms with E-state index < -0.39 is 21.6 Å². The first-order chi connectivity index (χ1) is 9.13. The van der Waals surface area contributed by atoms with Crippen LogP contribution in [0.5, 0.6) is 0 Å². The molecule has 0 saturated carbocycles. The second-order valence-corrected chi connectivity index (χ2v) is 7.38. The van der Waals surface area contributed by atoms with Gasteiger partial charge in [-0.1, -0.05) is 11.6 Å². The third kappa shape index (κ3) is 2.80. The van der Waals surface area contributed by atoms with E-state index in [0.29, 0.717) is 6.42 Å². The molecule has 0 bridgehead atoms. The zero-order valence-electron chi connectivity index (χ0n) is 10.7. The number of β-amino-alcohol motifs (C(OH)–C–C–N with tert-alkyl or cyclic N) is 1. The van der Waals surface area contributed by atoms with E-state index in [1.54, 1.807) is 6.92 Å². The van der Waals surface area contributed by atoms with E-state index in [1.807, 2.05) is 0 Å². The van der Waals surface area contributed by atoms with Gasteiger partial charge >= 0.3 is 5.97 Å². The summed E-state index contributed by atoms with van der Waals surface area (Å²) >= 11 is 5.78. The molecule has 1 atom stereocenters. The molecule has 0 spiro atoms. The highest BCUT2D eigenvalue weighted by atomic mass is 35.5. The summed E-state index contributed by atoms with van der Waals surface area (Å²) in [4.78, 5) is 10.8. The molecule has 1 aliphatic heterocycles. The van der Waals surface area contributed by atoms with E-state index in [9.17, 15) is 18.3 Å². The number of halogens is 1. The Kier molecular flexibility index (Phi) is 3.81. The molecular weight excluding hydrogens is 306 g/mol. The molecule has 1 aromatic carbocycles. The van der Waals surface area contributed by atoms with Crippen molar-refractivity contribution in [3.05, 3.63) is 28.8 Å². The summed E-state index contributed by atoms with van der Waals surface area (Å²) < 4.78 is 25.9. The van der Waals surface area contributed by atoms with Crippen molar-refractivity contribution in [3.8, 4) is 0 Å². The number of aromatic carboxylic acids is 1. The second-order valence-electron chi connectivity index (χ2n) is 5.03. The monoisotopic (exact) mass is 319 g/mol. The van der Waals surface area contributed by atoms with Gasteiger partial charge in [-0.15, -0.1) is 0 Å². The molecule has 0 aromatic heterocycles. The van der Waals surface area contributed by atoms with Crippen LogP contribution in [0.15, 0.2) is 23.1 Å². The molecule has 6 nitrogen and oxygen atoms in total. The van der Waals surface area contributed by atoms with Crippen LogP contribution >= 0.6 is 11.6 Å². The van der Waals surface area contributed by atoms with Crippen LogP contribution in [-0.4, -0.2) is 47.6 Å². The Morgan fingerprint density at radius 1 is 1.45 bits per heavy atom. The van der Waals surface area contributed by atoms with E-state index in [4.69, 9.17) is 16.7 Å². The molecule has 1 saturated heterocycles. The first-order valence-corrected chi connectivity index (χ1v) is 7.71. The van der Waals surface area contributed by atoms with Crippen LogP contribution in [0.4, 0.5) is 0 Å². The Balaban J connectivity index is 2.36. The first-order valence-electron chi connectivity index (χ1n) is 5.89. The van der Waals surface area contributed by atoms with Gasteiger partial charge in [0.15, 0.2) is 0 Å². The number of hydrogen-bond donors (Lipinski definition) is 2. The van der Waals surface area contributed by atoms with E-state index in [-0.39, 0.29) is 28.6 Å². The smallest absolute Gasteiger partial charge is 0.337 e. The lowest BCUT2D eigenvalue weighted by atomic mass is 10.1. The number of hydrogen-bond acceptors (Lipinski definition) is 4. The third-order valence-corrected chi connectivity index (χ3v) is 5.38. The van der Waals surface area contributed by atoms with E-state index in [2.05, 4.69) is 0 Å². The molecule has 2 N–H and O–H groups in total. The van der Waals surface area contributed by atoms with Gasteiger partial charge < -0.3 is 10.2 Å². The minimum Gasteiger partial charge on any atom is -0.478 e. The molecule has 1 aromatic rings. The standard InChI is InChI=1S/C12H14ClNO5S/c1-12(17)4-5-14(7-12)20(18,19)8-2-3-9(11(15)16)10(13)6-8/h2-3,6,17H,4-5,7H2,1H3,(H,15,16). The average molecular weight is 320 g/mol.